The minimum absolute atomic E-state index is 0.834. The zero-order valence-corrected chi connectivity index (χ0v) is 15.6. The zero-order valence-electron chi connectivity index (χ0n) is 15.6. The maximum atomic E-state index is 4.00. The summed E-state index contributed by atoms with van der Waals surface area (Å²) in [6.07, 6.45) is 23.4. The average Bonchev–Trinajstić information content (AvgIpc) is 2.63. The van der Waals surface area contributed by atoms with Crippen LogP contribution in [0.15, 0.2) is 12.7 Å². The van der Waals surface area contributed by atoms with E-state index in [0.29, 0.717) is 0 Å². The quantitative estimate of drug-likeness (QED) is 0.464. The van der Waals surface area contributed by atoms with Crippen LogP contribution in [0.5, 0.6) is 0 Å². The van der Waals surface area contributed by atoms with E-state index in [9.17, 15) is 0 Å². The van der Waals surface area contributed by atoms with Gasteiger partial charge in [0.25, 0.3) is 0 Å². The van der Waals surface area contributed by atoms with Crippen LogP contribution in [0.25, 0.3) is 0 Å². The molecule has 0 nitrogen and oxygen atoms in total. The van der Waals surface area contributed by atoms with Gasteiger partial charge in [-0.1, -0.05) is 38.7 Å². The molecule has 0 spiro atoms. The highest BCUT2D eigenvalue weighted by Gasteiger charge is 2.34. The fourth-order valence-electron chi connectivity index (χ4n) is 6.30. The number of hydrogen-bond donors (Lipinski definition) is 0. The van der Waals surface area contributed by atoms with Crippen LogP contribution in [0.1, 0.15) is 96.8 Å². The Balaban J connectivity index is 1.38. The van der Waals surface area contributed by atoms with Crippen molar-refractivity contribution in [2.45, 2.75) is 96.8 Å². The summed E-state index contributed by atoms with van der Waals surface area (Å²) in [6, 6.07) is 0. The summed E-state index contributed by atoms with van der Waals surface area (Å²) < 4.78 is 0. The van der Waals surface area contributed by atoms with Crippen molar-refractivity contribution in [2.24, 2.45) is 35.5 Å². The minimum Gasteiger partial charge on any atom is -0.103 e. The largest absolute Gasteiger partial charge is 0.103 e. The minimum atomic E-state index is 0.834. The number of allylic oxidation sites excluding steroid dienone is 1. The van der Waals surface area contributed by atoms with E-state index < -0.39 is 0 Å². The Bertz CT molecular complexity index is 333. The lowest BCUT2D eigenvalue weighted by Crippen LogP contribution is -2.29. The van der Waals surface area contributed by atoms with Crippen LogP contribution in [-0.2, 0) is 0 Å². The molecular formula is C23H40. The van der Waals surface area contributed by atoms with Gasteiger partial charge in [0.05, 0.1) is 0 Å². The molecule has 0 N–H and O–H groups in total. The summed E-state index contributed by atoms with van der Waals surface area (Å²) >= 11 is 0. The molecule has 0 amide bonds. The van der Waals surface area contributed by atoms with Crippen molar-refractivity contribution in [1.82, 2.24) is 0 Å². The third-order valence-electron chi connectivity index (χ3n) is 7.89. The van der Waals surface area contributed by atoms with Gasteiger partial charge in [0.2, 0.25) is 0 Å². The van der Waals surface area contributed by atoms with Crippen molar-refractivity contribution in [1.29, 1.82) is 0 Å². The highest BCUT2D eigenvalue weighted by Crippen LogP contribution is 2.46. The molecule has 0 saturated heterocycles. The van der Waals surface area contributed by atoms with Gasteiger partial charge in [0.1, 0.15) is 0 Å². The van der Waals surface area contributed by atoms with Crippen LogP contribution < -0.4 is 0 Å². The van der Waals surface area contributed by atoms with Crippen molar-refractivity contribution >= 4 is 0 Å². The van der Waals surface area contributed by atoms with E-state index in [0.717, 1.165) is 35.5 Å². The van der Waals surface area contributed by atoms with E-state index in [2.05, 4.69) is 19.6 Å². The number of rotatable bonds is 5. The molecule has 0 aromatic rings. The first-order valence-corrected chi connectivity index (χ1v) is 10.9. The topological polar surface area (TPSA) is 0 Å². The normalized spacial score (nSPS) is 42.3. The van der Waals surface area contributed by atoms with Crippen molar-refractivity contribution in [3.63, 3.8) is 0 Å². The molecular weight excluding hydrogens is 276 g/mol. The predicted octanol–water partition coefficient (Wildman–Crippen LogP) is 7.39. The fraction of sp³-hybridized carbons (Fsp3) is 0.913. The van der Waals surface area contributed by atoms with Crippen LogP contribution in [0.2, 0.25) is 0 Å². The molecule has 0 aromatic heterocycles. The number of hydrogen-bond acceptors (Lipinski definition) is 0. The third-order valence-corrected chi connectivity index (χ3v) is 7.89. The van der Waals surface area contributed by atoms with Gasteiger partial charge in [-0.25, -0.2) is 0 Å². The van der Waals surface area contributed by atoms with Gasteiger partial charge in [-0.05, 0) is 99.7 Å². The Morgan fingerprint density at radius 3 is 1.43 bits per heavy atom. The van der Waals surface area contributed by atoms with E-state index in [4.69, 9.17) is 0 Å². The predicted molar refractivity (Wildman–Crippen MR) is 101 cm³/mol. The Kier molecular flexibility index (Phi) is 6.66. The van der Waals surface area contributed by atoms with Crippen molar-refractivity contribution < 1.29 is 0 Å². The first kappa shape index (κ1) is 17.6. The van der Waals surface area contributed by atoms with Gasteiger partial charge in [-0.15, -0.1) is 6.58 Å². The summed E-state index contributed by atoms with van der Waals surface area (Å²) in [6.45, 7) is 6.36. The molecule has 3 fully saturated rings. The summed E-state index contributed by atoms with van der Waals surface area (Å²) in [5.74, 6) is 6.24. The SMILES string of the molecule is C=C[C@H]1CC[C@H]([C@H]2CC[C@H]([C@H]3CC[C@H](CCC)CC3)CC2)CC1. The lowest BCUT2D eigenvalue weighted by atomic mass is 9.65. The van der Waals surface area contributed by atoms with Gasteiger partial charge in [-0.3, -0.25) is 0 Å². The van der Waals surface area contributed by atoms with Gasteiger partial charge >= 0.3 is 0 Å². The molecule has 0 radical (unpaired) electrons. The van der Waals surface area contributed by atoms with Crippen molar-refractivity contribution in [3.05, 3.63) is 12.7 Å². The zero-order chi connectivity index (χ0) is 16.1. The summed E-state index contributed by atoms with van der Waals surface area (Å²) in [5.41, 5.74) is 0. The lowest BCUT2D eigenvalue weighted by molar-refractivity contribution is 0.107. The molecule has 0 heterocycles. The molecule has 0 heteroatoms. The van der Waals surface area contributed by atoms with Crippen LogP contribution >= 0.6 is 0 Å². The molecule has 0 unspecified atom stereocenters. The summed E-state index contributed by atoms with van der Waals surface area (Å²) in [7, 11) is 0. The van der Waals surface area contributed by atoms with Crippen LogP contribution in [0.3, 0.4) is 0 Å². The van der Waals surface area contributed by atoms with E-state index in [1.807, 2.05) is 0 Å². The van der Waals surface area contributed by atoms with Crippen LogP contribution in [0, 0.1) is 35.5 Å². The van der Waals surface area contributed by atoms with Gasteiger partial charge in [0, 0.05) is 0 Å². The Morgan fingerprint density at radius 1 is 0.652 bits per heavy atom. The molecule has 3 aliphatic rings. The molecule has 3 rings (SSSR count). The van der Waals surface area contributed by atoms with Crippen molar-refractivity contribution in [2.75, 3.05) is 0 Å². The monoisotopic (exact) mass is 316 g/mol. The van der Waals surface area contributed by atoms with Crippen LogP contribution in [0.4, 0.5) is 0 Å². The third kappa shape index (κ3) is 4.64. The lowest BCUT2D eigenvalue weighted by Gasteiger charge is -2.41. The van der Waals surface area contributed by atoms with E-state index in [-0.39, 0.29) is 0 Å². The Morgan fingerprint density at radius 2 is 1.04 bits per heavy atom. The Hall–Kier alpha value is -0.260. The maximum Gasteiger partial charge on any atom is -0.0236 e. The standard InChI is InChI=1S/C23H40/c1-3-5-19-8-12-21(13-9-19)23-16-14-22(15-17-23)20-10-6-18(4-2)7-11-20/h4,18-23H,2-3,5-17H2,1H3/t18-,19-,20-,21-,22-,23-. The average molecular weight is 317 g/mol. The van der Waals surface area contributed by atoms with Gasteiger partial charge in [0.15, 0.2) is 0 Å². The molecule has 132 valence electrons. The summed E-state index contributed by atoms with van der Waals surface area (Å²) in [4.78, 5) is 0. The van der Waals surface area contributed by atoms with Crippen molar-refractivity contribution in [3.8, 4) is 0 Å². The molecule has 23 heavy (non-hydrogen) atoms. The first-order chi connectivity index (χ1) is 11.3. The van der Waals surface area contributed by atoms with Crippen LogP contribution in [-0.4, -0.2) is 0 Å². The fourth-order valence-corrected chi connectivity index (χ4v) is 6.30. The van der Waals surface area contributed by atoms with E-state index in [1.165, 1.54) is 38.5 Å². The molecule has 0 aromatic carbocycles. The second-order valence-electron chi connectivity index (χ2n) is 9.15. The van der Waals surface area contributed by atoms with Gasteiger partial charge in [-0.2, -0.15) is 0 Å². The molecule has 0 aliphatic heterocycles. The molecule has 0 atom stereocenters. The van der Waals surface area contributed by atoms with E-state index in [1.54, 1.807) is 51.4 Å². The second kappa shape index (κ2) is 8.72. The maximum absolute atomic E-state index is 4.00. The van der Waals surface area contributed by atoms with E-state index >= 15 is 0 Å². The smallest absolute Gasteiger partial charge is 0.0236 e. The highest BCUT2D eigenvalue weighted by molar-refractivity contribution is 4.88. The Labute approximate surface area is 145 Å². The van der Waals surface area contributed by atoms with Gasteiger partial charge < -0.3 is 0 Å². The second-order valence-corrected chi connectivity index (χ2v) is 9.15. The highest BCUT2D eigenvalue weighted by atomic mass is 14.4. The molecule has 3 aliphatic carbocycles. The summed E-state index contributed by atoms with van der Waals surface area (Å²) in [5, 5.41) is 0. The molecule has 3 saturated carbocycles. The first-order valence-electron chi connectivity index (χ1n) is 10.9. The molecule has 0 bridgehead atoms.